The molecule has 0 aliphatic carbocycles. The monoisotopic (exact) mass is 266 g/mol. The first-order chi connectivity index (χ1) is 9.54. The lowest BCUT2D eigenvalue weighted by Gasteiger charge is -2.01. The van der Waals surface area contributed by atoms with Gasteiger partial charge in [-0.25, -0.2) is 9.78 Å². The van der Waals surface area contributed by atoms with Crippen molar-refractivity contribution in [2.45, 2.75) is 13.8 Å². The summed E-state index contributed by atoms with van der Waals surface area (Å²) in [6.45, 7) is 4.07. The number of carbonyl (C=O) groups is 1. The highest BCUT2D eigenvalue weighted by atomic mass is 16.4. The Morgan fingerprint density at radius 2 is 1.85 bits per heavy atom. The molecule has 100 valence electrons. The summed E-state index contributed by atoms with van der Waals surface area (Å²) in [7, 11) is 0. The Bertz CT molecular complexity index is 798. The minimum Gasteiger partial charge on any atom is -0.477 e. The molecule has 2 heterocycles. The van der Waals surface area contributed by atoms with Crippen LogP contribution in [0.25, 0.3) is 16.9 Å². The second-order valence-electron chi connectivity index (χ2n) is 4.95. The van der Waals surface area contributed by atoms with Crippen LogP contribution in [-0.2, 0) is 0 Å². The Labute approximate surface area is 116 Å². The number of pyridine rings is 1. The zero-order valence-electron chi connectivity index (χ0n) is 11.3. The molecule has 1 aromatic carbocycles. The van der Waals surface area contributed by atoms with Gasteiger partial charge in [-0.1, -0.05) is 23.3 Å². The van der Waals surface area contributed by atoms with Crippen LogP contribution in [0.2, 0.25) is 0 Å². The number of imidazole rings is 1. The molecule has 0 aliphatic heterocycles. The Hall–Kier alpha value is -2.62. The van der Waals surface area contributed by atoms with Crippen molar-refractivity contribution in [1.82, 2.24) is 9.38 Å². The van der Waals surface area contributed by atoms with Crippen molar-refractivity contribution in [3.63, 3.8) is 0 Å². The quantitative estimate of drug-likeness (QED) is 0.774. The minimum atomic E-state index is -0.958. The van der Waals surface area contributed by atoms with Crippen LogP contribution in [-0.4, -0.2) is 20.5 Å². The fourth-order valence-electron chi connectivity index (χ4n) is 2.45. The number of aromatic carboxylic acids is 1. The number of nitrogens with zero attached hydrogens (tertiary/aromatic N) is 2. The molecule has 0 unspecified atom stereocenters. The maximum absolute atomic E-state index is 11.2. The van der Waals surface area contributed by atoms with Crippen molar-refractivity contribution in [3.05, 3.63) is 59.4 Å². The predicted octanol–water partition coefficient (Wildman–Crippen LogP) is 3.32. The van der Waals surface area contributed by atoms with Crippen molar-refractivity contribution < 1.29 is 9.90 Å². The molecule has 20 heavy (non-hydrogen) atoms. The zero-order chi connectivity index (χ0) is 14.3. The van der Waals surface area contributed by atoms with Crippen LogP contribution >= 0.6 is 0 Å². The van der Waals surface area contributed by atoms with E-state index in [-0.39, 0.29) is 5.69 Å². The molecule has 2 aromatic heterocycles. The summed E-state index contributed by atoms with van der Waals surface area (Å²) in [4.78, 5) is 15.7. The average molecular weight is 266 g/mol. The number of carboxylic acid groups (broad SMARTS) is 1. The average Bonchev–Trinajstić information content (AvgIpc) is 2.80. The molecule has 0 fully saturated rings. The number of hydrogen-bond donors (Lipinski definition) is 1. The number of aryl methyl sites for hydroxylation is 2. The molecule has 0 bridgehead atoms. The number of aromatic nitrogens is 2. The van der Waals surface area contributed by atoms with E-state index in [1.807, 2.05) is 13.8 Å². The van der Waals surface area contributed by atoms with Crippen LogP contribution in [0.5, 0.6) is 0 Å². The summed E-state index contributed by atoms with van der Waals surface area (Å²) in [6, 6.07) is 11.3. The molecule has 3 aromatic rings. The predicted molar refractivity (Wildman–Crippen MR) is 77.1 cm³/mol. The normalized spacial score (nSPS) is 10.9. The van der Waals surface area contributed by atoms with Crippen molar-refractivity contribution in [2.24, 2.45) is 0 Å². The van der Waals surface area contributed by atoms with Crippen molar-refractivity contribution in [3.8, 4) is 11.3 Å². The van der Waals surface area contributed by atoms with Gasteiger partial charge < -0.3 is 5.11 Å². The molecule has 0 amide bonds. The lowest BCUT2D eigenvalue weighted by atomic mass is 10.1. The zero-order valence-corrected chi connectivity index (χ0v) is 11.3. The third-order valence-electron chi connectivity index (χ3n) is 3.23. The SMILES string of the molecule is Cc1cc(C)cc(-c2cn3c(C(=O)O)cccc3n2)c1. The lowest BCUT2D eigenvalue weighted by Crippen LogP contribution is -2.03. The summed E-state index contributed by atoms with van der Waals surface area (Å²) in [5.74, 6) is -0.958. The van der Waals surface area contributed by atoms with Crippen LogP contribution in [0.4, 0.5) is 0 Å². The van der Waals surface area contributed by atoms with Gasteiger partial charge in [0, 0.05) is 11.8 Å². The number of rotatable bonds is 2. The van der Waals surface area contributed by atoms with E-state index in [1.54, 1.807) is 28.8 Å². The molecule has 0 saturated carbocycles. The Morgan fingerprint density at radius 3 is 2.50 bits per heavy atom. The molecule has 4 heteroatoms. The molecule has 0 atom stereocenters. The molecule has 3 rings (SSSR count). The molecular weight excluding hydrogens is 252 g/mol. The van der Waals surface area contributed by atoms with Gasteiger partial charge in [0.2, 0.25) is 0 Å². The van der Waals surface area contributed by atoms with Crippen LogP contribution < -0.4 is 0 Å². The van der Waals surface area contributed by atoms with Crippen molar-refractivity contribution >= 4 is 11.6 Å². The van der Waals surface area contributed by atoms with E-state index in [4.69, 9.17) is 0 Å². The first-order valence-electron chi connectivity index (χ1n) is 6.35. The summed E-state index contributed by atoms with van der Waals surface area (Å²) in [6.07, 6.45) is 1.77. The smallest absolute Gasteiger partial charge is 0.352 e. The highest BCUT2D eigenvalue weighted by Gasteiger charge is 2.11. The number of carboxylic acids is 1. The number of benzene rings is 1. The highest BCUT2D eigenvalue weighted by Crippen LogP contribution is 2.22. The van der Waals surface area contributed by atoms with Crippen LogP contribution in [0, 0.1) is 13.8 Å². The van der Waals surface area contributed by atoms with E-state index in [0.29, 0.717) is 5.65 Å². The van der Waals surface area contributed by atoms with Gasteiger partial charge in [-0.15, -0.1) is 0 Å². The second kappa shape index (κ2) is 4.49. The van der Waals surface area contributed by atoms with Gasteiger partial charge in [0.05, 0.1) is 5.69 Å². The largest absolute Gasteiger partial charge is 0.477 e. The molecule has 0 radical (unpaired) electrons. The van der Waals surface area contributed by atoms with Crippen LogP contribution in [0.3, 0.4) is 0 Å². The highest BCUT2D eigenvalue weighted by molar-refractivity contribution is 5.87. The van der Waals surface area contributed by atoms with E-state index < -0.39 is 5.97 Å². The van der Waals surface area contributed by atoms with Gasteiger partial charge in [0.25, 0.3) is 0 Å². The standard InChI is InChI=1S/C16H14N2O2/c1-10-6-11(2)8-12(7-10)13-9-18-14(16(19)20)4-3-5-15(18)17-13/h3-9H,1-2H3,(H,19,20). The molecule has 4 nitrogen and oxygen atoms in total. The maximum Gasteiger partial charge on any atom is 0.352 e. The Morgan fingerprint density at radius 1 is 1.15 bits per heavy atom. The van der Waals surface area contributed by atoms with E-state index in [9.17, 15) is 9.90 Å². The Balaban J connectivity index is 2.23. The van der Waals surface area contributed by atoms with Gasteiger partial charge in [0.1, 0.15) is 11.3 Å². The third-order valence-corrected chi connectivity index (χ3v) is 3.23. The summed E-state index contributed by atoms with van der Waals surface area (Å²) >= 11 is 0. The minimum absolute atomic E-state index is 0.214. The third kappa shape index (κ3) is 2.05. The molecule has 0 aliphatic rings. The summed E-state index contributed by atoms with van der Waals surface area (Å²) < 4.78 is 1.61. The van der Waals surface area contributed by atoms with Gasteiger partial charge >= 0.3 is 5.97 Å². The van der Waals surface area contributed by atoms with Gasteiger partial charge in [-0.05, 0) is 38.1 Å². The summed E-state index contributed by atoms with van der Waals surface area (Å²) in [5, 5.41) is 9.20. The van der Waals surface area contributed by atoms with Gasteiger partial charge in [0.15, 0.2) is 0 Å². The molecule has 0 saturated heterocycles. The fourth-order valence-corrected chi connectivity index (χ4v) is 2.45. The van der Waals surface area contributed by atoms with Crippen LogP contribution in [0.15, 0.2) is 42.6 Å². The van der Waals surface area contributed by atoms with E-state index in [0.717, 1.165) is 22.4 Å². The lowest BCUT2D eigenvalue weighted by molar-refractivity contribution is 0.0689. The van der Waals surface area contributed by atoms with E-state index >= 15 is 0 Å². The fraction of sp³-hybridized carbons (Fsp3) is 0.125. The summed E-state index contributed by atoms with van der Waals surface area (Å²) in [5.41, 5.74) is 4.96. The van der Waals surface area contributed by atoms with E-state index in [2.05, 4.69) is 23.2 Å². The van der Waals surface area contributed by atoms with Crippen molar-refractivity contribution in [1.29, 1.82) is 0 Å². The topological polar surface area (TPSA) is 54.6 Å². The number of fused-ring (bicyclic) bond motifs is 1. The second-order valence-corrected chi connectivity index (χ2v) is 4.95. The molecule has 1 N–H and O–H groups in total. The first kappa shape index (κ1) is 12.4. The van der Waals surface area contributed by atoms with E-state index in [1.165, 1.54) is 0 Å². The number of hydrogen-bond acceptors (Lipinski definition) is 2. The maximum atomic E-state index is 11.2. The molecular formula is C16H14N2O2. The first-order valence-corrected chi connectivity index (χ1v) is 6.35. The Kier molecular flexibility index (Phi) is 2.79. The van der Waals surface area contributed by atoms with Crippen molar-refractivity contribution in [2.75, 3.05) is 0 Å². The van der Waals surface area contributed by atoms with Gasteiger partial charge in [-0.3, -0.25) is 4.40 Å². The molecule has 0 spiro atoms. The van der Waals surface area contributed by atoms with Gasteiger partial charge in [-0.2, -0.15) is 0 Å². The van der Waals surface area contributed by atoms with Crippen LogP contribution in [0.1, 0.15) is 21.6 Å².